The van der Waals surface area contributed by atoms with Gasteiger partial charge in [-0.3, -0.25) is 4.79 Å². The molecule has 26 heavy (non-hydrogen) atoms. The average Bonchev–Trinajstić information content (AvgIpc) is 2.60. The van der Waals surface area contributed by atoms with Crippen LogP contribution < -0.4 is 10.1 Å². The maximum Gasteiger partial charge on any atom is 0.422 e. The number of nitrogens with zero attached hydrogens (tertiary/aromatic N) is 1. The Balaban J connectivity index is 2.01. The lowest BCUT2D eigenvalue weighted by molar-refractivity contribution is -0.154. The number of rotatable bonds is 6. The number of pyridine rings is 1. The first-order valence-electron chi connectivity index (χ1n) is 7.40. The molecule has 0 atom stereocenters. The summed E-state index contributed by atoms with van der Waals surface area (Å²) >= 11 is 0. The second kappa shape index (κ2) is 7.73. The zero-order valence-corrected chi connectivity index (χ0v) is 14.4. The minimum atomic E-state index is -4.48. The van der Waals surface area contributed by atoms with Gasteiger partial charge in [0.05, 0.1) is 16.2 Å². The van der Waals surface area contributed by atoms with Gasteiger partial charge in [0.15, 0.2) is 16.4 Å². The third kappa shape index (κ3) is 5.45. The van der Waals surface area contributed by atoms with Crippen molar-refractivity contribution in [3.63, 3.8) is 0 Å². The Bertz CT molecular complexity index is 864. The average molecular weight is 388 g/mol. The second-order valence-corrected chi connectivity index (χ2v) is 7.45. The minimum absolute atomic E-state index is 0.0346. The Kier molecular flexibility index (Phi) is 5.86. The molecule has 2 rings (SSSR count). The third-order valence-electron chi connectivity index (χ3n) is 3.23. The van der Waals surface area contributed by atoms with Gasteiger partial charge in [-0.2, -0.15) is 13.2 Å². The Morgan fingerprint density at radius 3 is 2.31 bits per heavy atom. The van der Waals surface area contributed by atoms with Crippen molar-refractivity contribution in [2.45, 2.75) is 18.0 Å². The predicted molar refractivity (Wildman–Crippen MR) is 87.9 cm³/mol. The second-order valence-electron chi connectivity index (χ2n) is 5.17. The number of ether oxygens (including phenoxy) is 1. The Morgan fingerprint density at radius 2 is 1.81 bits per heavy atom. The Morgan fingerprint density at radius 1 is 1.15 bits per heavy atom. The molecule has 1 amide bonds. The number of benzene rings is 1. The van der Waals surface area contributed by atoms with Crippen molar-refractivity contribution in [3.8, 4) is 5.88 Å². The molecular formula is C16H15F3N2O4S. The smallest absolute Gasteiger partial charge is 0.422 e. The molecule has 2 aromatic rings. The number of carbonyl (C=O) groups is 1. The molecule has 0 spiro atoms. The maximum absolute atomic E-state index is 12.1. The summed E-state index contributed by atoms with van der Waals surface area (Å²) in [6.45, 7) is 0.0542. The highest BCUT2D eigenvalue weighted by atomic mass is 32.2. The molecule has 0 fully saturated rings. The fraction of sp³-hybridized carbons (Fsp3) is 0.250. The standard InChI is InChI=1S/C16H15F3N2O4S/c1-2-26(23,24)13-6-4-12(5-7-13)21-15(22)11-3-8-14(20-9-11)25-10-16(17,18)19/h3-9H,2,10H2,1H3,(H,21,22). The van der Waals surface area contributed by atoms with E-state index in [1.54, 1.807) is 0 Å². The lowest BCUT2D eigenvalue weighted by Crippen LogP contribution is -2.19. The summed E-state index contributed by atoms with van der Waals surface area (Å²) in [6, 6.07) is 8.05. The highest BCUT2D eigenvalue weighted by Gasteiger charge is 2.28. The van der Waals surface area contributed by atoms with Gasteiger partial charge in [-0.05, 0) is 30.3 Å². The summed E-state index contributed by atoms with van der Waals surface area (Å²) in [5, 5.41) is 2.54. The van der Waals surface area contributed by atoms with E-state index in [4.69, 9.17) is 0 Å². The number of hydrogen-bond donors (Lipinski definition) is 1. The van der Waals surface area contributed by atoms with Crippen LogP contribution in [0.5, 0.6) is 5.88 Å². The highest BCUT2D eigenvalue weighted by Crippen LogP contribution is 2.18. The number of nitrogens with one attached hydrogen (secondary N) is 1. The number of halogens is 3. The zero-order chi connectivity index (χ0) is 19.4. The van der Waals surface area contributed by atoms with Gasteiger partial charge in [-0.1, -0.05) is 6.92 Å². The van der Waals surface area contributed by atoms with Gasteiger partial charge in [-0.15, -0.1) is 0 Å². The predicted octanol–water partition coefficient (Wildman–Crippen LogP) is 3.07. The van der Waals surface area contributed by atoms with Crippen molar-refractivity contribution in [3.05, 3.63) is 48.2 Å². The van der Waals surface area contributed by atoms with Crippen LogP contribution >= 0.6 is 0 Å². The molecule has 10 heteroatoms. The molecule has 0 aliphatic heterocycles. The van der Waals surface area contributed by atoms with Crippen LogP contribution in [0.25, 0.3) is 0 Å². The van der Waals surface area contributed by atoms with Crippen molar-refractivity contribution in [1.82, 2.24) is 4.98 Å². The lowest BCUT2D eigenvalue weighted by atomic mass is 10.2. The van der Waals surface area contributed by atoms with E-state index in [1.165, 1.54) is 37.3 Å². The molecule has 0 saturated heterocycles. The fourth-order valence-corrected chi connectivity index (χ4v) is 2.76. The van der Waals surface area contributed by atoms with Crippen LogP contribution in [0.2, 0.25) is 0 Å². The van der Waals surface area contributed by atoms with E-state index >= 15 is 0 Å². The Hall–Kier alpha value is -2.62. The van der Waals surface area contributed by atoms with Crippen LogP contribution in [0.1, 0.15) is 17.3 Å². The van der Waals surface area contributed by atoms with Crippen molar-refractivity contribution in [2.75, 3.05) is 17.7 Å². The summed E-state index contributed by atoms with van der Waals surface area (Å²) in [5.41, 5.74) is 0.470. The van der Waals surface area contributed by atoms with Gasteiger partial charge in [0.1, 0.15) is 0 Å². The molecule has 0 radical (unpaired) electrons. The van der Waals surface area contributed by atoms with E-state index in [0.29, 0.717) is 5.69 Å². The van der Waals surface area contributed by atoms with Gasteiger partial charge in [0.2, 0.25) is 5.88 Å². The maximum atomic E-state index is 12.1. The largest absolute Gasteiger partial charge is 0.468 e. The molecule has 1 heterocycles. The van der Waals surface area contributed by atoms with Gasteiger partial charge >= 0.3 is 6.18 Å². The SMILES string of the molecule is CCS(=O)(=O)c1ccc(NC(=O)c2ccc(OCC(F)(F)F)nc2)cc1. The molecule has 140 valence electrons. The first kappa shape index (κ1) is 19.7. The molecule has 0 aliphatic rings. The molecule has 6 nitrogen and oxygen atoms in total. The summed E-state index contributed by atoms with van der Waals surface area (Å²) in [4.78, 5) is 15.9. The molecule has 0 unspecified atom stereocenters. The van der Waals surface area contributed by atoms with E-state index in [2.05, 4.69) is 15.0 Å². The summed E-state index contributed by atoms with van der Waals surface area (Å²) in [7, 11) is -3.33. The van der Waals surface area contributed by atoms with E-state index in [-0.39, 0.29) is 22.1 Å². The van der Waals surface area contributed by atoms with Crippen LogP contribution in [-0.4, -0.2) is 37.8 Å². The minimum Gasteiger partial charge on any atom is -0.468 e. The molecule has 1 aromatic heterocycles. The number of carbonyl (C=O) groups excluding carboxylic acids is 1. The van der Waals surface area contributed by atoms with Gasteiger partial charge in [0, 0.05) is 18.0 Å². The van der Waals surface area contributed by atoms with E-state index in [9.17, 15) is 26.4 Å². The number of anilines is 1. The van der Waals surface area contributed by atoms with Crippen LogP contribution in [0, 0.1) is 0 Å². The molecule has 0 saturated carbocycles. The van der Waals surface area contributed by atoms with Crippen LogP contribution in [0.4, 0.5) is 18.9 Å². The topological polar surface area (TPSA) is 85.4 Å². The Labute approximate surface area is 147 Å². The normalized spacial score (nSPS) is 11.8. The molecule has 0 aliphatic carbocycles. The van der Waals surface area contributed by atoms with Crippen molar-refractivity contribution in [1.29, 1.82) is 0 Å². The van der Waals surface area contributed by atoms with Crippen molar-refractivity contribution < 1.29 is 31.1 Å². The van der Waals surface area contributed by atoms with Crippen LogP contribution in [0.3, 0.4) is 0 Å². The van der Waals surface area contributed by atoms with Gasteiger partial charge in [-0.25, -0.2) is 13.4 Å². The summed E-state index contributed by atoms with van der Waals surface area (Å²) in [6.07, 6.45) is -3.40. The monoisotopic (exact) mass is 388 g/mol. The quantitative estimate of drug-likeness (QED) is 0.822. The van der Waals surface area contributed by atoms with Crippen LogP contribution in [-0.2, 0) is 9.84 Å². The number of amides is 1. The zero-order valence-electron chi connectivity index (χ0n) is 13.6. The number of alkyl halides is 3. The fourth-order valence-electron chi connectivity index (χ4n) is 1.87. The van der Waals surface area contributed by atoms with E-state index < -0.39 is 28.5 Å². The summed E-state index contributed by atoms with van der Waals surface area (Å²) < 4.78 is 64.1. The van der Waals surface area contributed by atoms with E-state index in [1.807, 2.05) is 0 Å². The van der Waals surface area contributed by atoms with Crippen LogP contribution in [0.15, 0.2) is 47.5 Å². The summed E-state index contributed by atoms with van der Waals surface area (Å²) in [5.74, 6) is -0.841. The first-order valence-corrected chi connectivity index (χ1v) is 9.06. The first-order chi connectivity index (χ1) is 12.1. The number of aromatic nitrogens is 1. The number of sulfone groups is 1. The highest BCUT2D eigenvalue weighted by molar-refractivity contribution is 7.91. The third-order valence-corrected chi connectivity index (χ3v) is 4.98. The lowest BCUT2D eigenvalue weighted by Gasteiger charge is -2.09. The van der Waals surface area contributed by atoms with Gasteiger partial charge < -0.3 is 10.1 Å². The number of hydrogen-bond acceptors (Lipinski definition) is 5. The van der Waals surface area contributed by atoms with Crippen molar-refractivity contribution >= 4 is 21.4 Å². The molecular weight excluding hydrogens is 373 g/mol. The molecule has 1 aromatic carbocycles. The van der Waals surface area contributed by atoms with Gasteiger partial charge in [0.25, 0.3) is 5.91 Å². The molecule has 0 bridgehead atoms. The van der Waals surface area contributed by atoms with E-state index in [0.717, 1.165) is 12.3 Å². The molecule has 1 N–H and O–H groups in total. The van der Waals surface area contributed by atoms with Crippen molar-refractivity contribution in [2.24, 2.45) is 0 Å².